The molecule has 172 valence electrons. The molecule has 0 saturated carbocycles. The summed E-state index contributed by atoms with van der Waals surface area (Å²) in [5.41, 5.74) is 8.61. The van der Waals surface area contributed by atoms with Crippen molar-refractivity contribution >= 4 is 11.6 Å². The van der Waals surface area contributed by atoms with Crippen LogP contribution in [0, 0.1) is 0 Å². The predicted molar refractivity (Wildman–Crippen MR) is 125 cm³/mol. The summed E-state index contributed by atoms with van der Waals surface area (Å²) in [6, 6.07) is 3.74. The molecule has 1 saturated heterocycles. The van der Waals surface area contributed by atoms with Crippen molar-refractivity contribution < 1.29 is 9.90 Å². The fraction of sp³-hybridized carbons (Fsp3) is 0.348. The first-order valence-electron chi connectivity index (χ1n) is 10.9. The molecule has 1 aliphatic heterocycles. The van der Waals surface area contributed by atoms with Gasteiger partial charge in [-0.15, -0.1) is 0 Å². The zero-order valence-corrected chi connectivity index (χ0v) is 18.4. The minimum Gasteiger partial charge on any atom is -0.505 e. The van der Waals surface area contributed by atoms with Crippen molar-refractivity contribution in [1.82, 2.24) is 24.8 Å². The van der Waals surface area contributed by atoms with Gasteiger partial charge in [0.1, 0.15) is 12.1 Å². The molecule has 10 nitrogen and oxygen atoms in total. The minimum atomic E-state index is -0.519. The lowest BCUT2D eigenvalue weighted by Gasteiger charge is -2.33. The third-order valence-electron chi connectivity index (χ3n) is 6.04. The Labute approximate surface area is 190 Å². The number of aromatic hydroxyl groups is 1. The van der Waals surface area contributed by atoms with Gasteiger partial charge < -0.3 is 26.0 Å². The van der Waals surface area contributed by atoms with E-state index in [2.05, 4.69) is 25.3 Å². The molecule has 3 aromatic rings. The van der Waals surface area contributed by atoms with Crippen LogP contribution in [0.1, 0.15) is 30.7 Å². The molecule has 10 heteroatoms. The molecule has 1 amide bonds. The number of benzene rings is 1. The van der Waals surface area contributed by atoms with Crippen LogP contribution in [0.5, 0.6) is 5.75 Å². The lowest BCUT2D eigenvalue weighted by molar-refractivity contribution is -0.132. The van der Waals surface area contributed by atoms with Crippen molar-refractivity contribution in [2.45, 2.75) is 25.2 Å². The number of carbonyl (C=O) groups is 1. The molecule has 1 aliphatic rings. The van der Waals surface area contributed by atoms with Gasteiger partial charge >= 0.3 is 5.69 Å². The van der Waals surface area contributed by atoms with E-state index in [0.717, 1.165) is 18.4 Å². The molecule has 4 rings (SSSR count). The number of rotatable bonds is 6. The Morgan fingerprint density at radius 2 is 1.97 bits per heavy atom. The monoisotopic (exact) mass is 449 g/mol. The number of nitrogens with zero attached hydrogens (tertiary/aromatic N) is 4. The highest BCUT2D eigenvalue weighted by atomic mass is 16.3. The van der Waals surface area contributed by atoms with Crippen LogP contribution in [0.25, 0.3) is 22.4 Å². The van der Waals surface area contributed by atoms with E-state index in [1.807, 2.05) is 11.0 Å². The van der Waals surface area contributed by atoms with Crippen LogP contribution in [0.4, 0.5) is 5.69 Å². The molecule has 5 N–H and O–H groups in total. The molecule has 33 heavy (non-hydrogen) atoms. The zero-order chi connectivity index (χ0) is 23.4. The van der Waals surface area contributed by atoms with Crippen LogP contribution in [-0.4, -0.2) is 62.5 Å². The molecule has 1 aromatic carbocycles. The Morgan fingerprint density at radius 3 is 2.64 bits per heavy atom. The quantitative estimate of drug-likeness (QED) is 0.415. The molecule has 0 atom stereocenters. The van der Waals surface area contributed by atoms with E-state index in [9.17, 15) is 14.7 Å². The zero-order valence-electron chi connectivity index (χ0n) is 18.4. The van der Waals surface area contributed by atoms with Gasteiger partial charge in [-0.25, -0.2) is 14.8 Å². The second-order valence-corrected chi connectivity index (χ2v) is 7.96. The standard InChI is InChI=1S/C23H27N7O3/c1-25-21-16(14-5-8-30(9-6-14)19(31)4-7-24)2-3-17(22(21)32)20-18(12-28-23(33)29-20)15-10-26-13-27-11-15/h2-3,10-14,25,32H,4-9,24H2,1H3,(H,28,29,33). The number of anilines is 1. The molecular weight excluding hydrogens is 422 g/mol. The lowest BCUT2D eigenvalue weighted by atomic mass is 9.86. The topological polar surface area (TPSA) is 150 Å². The largest absolute Gasteiger partial charge is 0.505 e. The molecule has 1 fully saturated rings. The molecule has 0 radical (unpaired) electrons. The third-order valence-corrected chi connectivity index (χ3v) is 6.04. The Morgan fingerprint density at radius 1 is 1.24 bits per heavy atom. The number of piperidine rings is 1. The number of likely N-dealkylation sites (tertiary alicyclic amines) is 1. The van der Waals surface area contributed by atoms with Gasteiger partial charge in [-0.3, -0.25) is 4.79 Å². The smallest absolute Gasteiger partial charge is 0.345 e. The summed E-state index contributed by atoms with van der Waals surface area (Å²) < 4.78 is 0. The number of hydrogen-bond acceptors (Lipinski definition) is 8. The number of hydrogen-bond donors (Lipinski definition) is 4. The molecule has 0 spiro atoms. The maximum Gasteiger partial charge on any atom is 0.345 e. The summed E-state index contributed by atoms with van der Waals surface area (Å²) in [6.07, 6.45) is 8.15. The first kappa shape index (κ1) is 22.4. The van der Waals surface area contributed by atoms with Crippen molar-refractivity contribution in [3.63, 3.8) is 0 Å². The summed E-state index contributed by atoms with van der Waals surface area (Å²) in [7, 11) is 1.75. The fourth-order valence-electron chi connectivity index (χ4n) is 4.38. The van der Waals surface area contributed by atoms with Gasteiger partial charge in [-0.05, 0) is 30.4 Å². The number of phenolic OH excluding ortho intramolecular Hbond substituents is 1. The molecule has 0 bridgehead atoms. The molecular formula is C23H27N7O3. The predicted octanol–water partition coefficient (Wildman–Crippen LogP) is 1.70. The van der Waals surface area contributed by atoms with Crippen molar-refractivity contribution in [1.29, 1.82) is 0 Å². The van der Waals surface area contributed by atoms with Crippen LogP contribution >= 0.6 is 0 Å². The van der Waals surface area contributed by atoms with Gasteiger partial charge in [0.05, 0.1) is 11.4 Å². The van der Waals surface area contributed by atoms with Crippen LogP contribution in [-0.2, 0) is 4.79 Å². The summed E-state index contributed by atoms with van der Waals surface area (Å²) >= 11 is 0. The van der Waals surface area contributed by atoms with Crippen LogP contribution in [0.15, 0.2) is 41.8 Å². The lowest BCUT2D eigenvalue weighted by Crippen LogP contribution is -2.38. The van der Waals surface area contributed by atoms with E-state index < -0.39 is 5.69 Å². The Kier molecular flexibility index (Phi) is 6.64. The van der Waals surface area contributed by atoms with Crippen molar-refractivity contribution in [3.8, 4) is 28.1 Å². The molecule has 0 unspecified atom stereocenters. The third kappa shape index (κ3) is 4.56. The second-order valence-electron chi connectivity index (χ2n) is 7.96. The number of nitrogens with one attached hydrogen (secondary N) is 2. The van der Waals surface area contributed by atoms with Crippen LogP contribution < -0.4 is 16.7 Å². The number of aromatic amines is 1. The van der Waals surface area contributed by atoms with Gasteiger partial charge in [0.2, 0.25) is 5.91 Å². The number of phenols is 1. The van der Waals surface area contributed by atoms with Crippen molar-refractivity contribution in [2.75, 3.05) is 32.0 Å². The number of amides is 1. The molecule has 0 aliphatic carbocycles. The van der Waals surface area contributed by atoms with E-state index in [0.29, 0.717) is 54.1 Å². The number of H-pyrrole nitrogens is 1. The van der Waals surface area contributed by atoms with Gasteiger partial charge in [0.25, 0.3) is 0 Å². The normalized spacial score (nSPS) is 14.3. The van der Waals surface area contributed by atoms with E-state index in [1.54, 1.807) is 31.7 Å². The Bertz CT molecular complexity index is 1190. The number of carbonyl (C=O) groups excluding carboxylic acids is 1. The highest BCUT2D eigenvalue weighted by Crippen LogP contribution is 2.44. The van der Waals surface area contributed by atoms with Gasteiger partial charge in [0, 0.05) is 68.4 Å². The van der Waals surface area contributed by atoms with Gasteiger partial charge in [-0.2, -0.15) is 4.98 Å². The summed E-state index contributed by atoms with van der Waals surface area (Å²) in [5, 5.41) is 14.3. The van der Waals surface area contributed by atoms with E-state index >= 15 is 0 Å². The van der Waals surface area contributed by atoms with Crippen molar-refractivity contribution in [3.05, 3.63) is 53.1 Å². The highest BCUT2D eigenvalue weighted by Gasteiger charge is 2.27. The van der Waals surface area contributed by atoms with E-state index in [4.69, 9.17) is 5.73 Å². The Balaban J connectivity index is 1.69. The van der Waals surface area contributed by atoms with E-state index in [-0.39, 0.29) is 17.6 Å². The number of nitrogens with two attached hydrogens (primary N) is 1. The first-order chi connectivity index (χ1) is 16.0. The summed E-state index contributed by atoms with van der Waals surface area (Å²) in [5.74, 6) is 0.289. The summed E-state index contributed by atoms with van der Waals surface area (Å²) in [6.45, 7) is 1.66. The Hall–Kier alpha value is -3.79. The fourth-order valence-corrected chi connectivity index (χ4v) is 4.38. The molecule has 3 heterocycles. The van der Waals surface area contributed by atoms with Crippen LogP contribution in [0.2, 0.25) is 0 Å². The molecule has 2 aromatic heterocycles. The first-order valence-corrected chi connectivity index (χ1v) is 10.9. The second kappa shape index (κ2) is 9.78. The van der Waals surface area contributed by atoms with Gasteiger partial charge in [-0.1, -0.05) is 6.07 Å². The summed E-state index contributed by atoms with van der Waals surface area (Å²) in [4.78, 5) is 40.8. The SMILES string of the molecule is CNc1c(C2CCN(C(=O)CCN)CC2)ccc(-c2nc(=O)[nH]cc2-c2cncnc2)c1O. The maximum atomic E-state index is 12.1. The average molecular weight is 450 g/mol. The number of aromatic nitrogens is 4. The average Bonchev–Trinajstić information content (AvgIpc) is 2.84. The van der Waals surface area contributed by atoms with Gasteiger partial charge in [0.15, 0.2) is 0 Å². The van der Waals surface area contributed by atoms with Crippen molar-refractivity contribution in [2.24, 2.45) is 5.73 Å². The van der Waals surface area contributed by atoms with E-state index in [1.165, 1.54) is 6.33 Å². The minimum absolute atomic E-state index is 0.0211. The van der Waals surface area contributed by atoms with Crippen LogP contribution in [0.3, 0.4) is 0 Å². The maximum absolute atomic E-state index is 12.1. The highest BCUT2D eigenvalue weighted by molar-refractivity contribution is 5.86.